The first-order valence-electron chi connectivity index (χ1n) is 8.39. The maximum atomic E-state index is 12.2. The summed E-state index contributed by atoms with van der Waals surface area (Å²) in [5.74, 6) is -0.152. The molecule has 0 unspecified atom stereocenters. The standard InChI is InChI=1S/C21H20ClN3O/c1-25(15-12-16-10-13-23-14-11-16)20-8-6-19(7-9-20)24-21(26)17-2-4-18(22)5-3-17/h2-11,13-14H,12,15H2,1H3,(H,24,26). The van der Waals surface area contributed by atoms with E-state index in [1.165, 1.54) is 5.56 Å². The average Bonchev–Trinajstić information content (AvgIpc) is 2.68. The second kappa shape index (κ2) is 8.50. The van der Waals surface area contributed by atoms with Crippen LogP contribution in [-0.2, 0) is 6.42 Å². The van der Waals surface area contributed by atoms with Crippen LogP contribution in [0.1, 0.15) is 15.9 Å². The Morgan fingerprint density at radius 3 is 2.31 bits per heavy atom. The molecule has 0 spiro atoms. The summed E-state index contributed by atoms with van der Waals surface area (Å²) in [6.45, 7) is 0.903. The van der Waals surface area contributed by atoms with Gasteiger partial charge in [0.05, 0.1) is 0 Å². The van der Waals surface area contributed by atoms with Crippen molar-refractivity contribution >= 4 is 28.9 Å². The lowest BCUT2D eigenvalue weighted by atomic mass is 10.2. The van der Waals surface area contributed by atoms with Gasteiger partial charge >= 0.3 is 0 Å². The van der Waals surface area contributed by atoms with E-state index in [2.05, 4.69) is 22.2 Å². The molecule has 3 rings (SSSR count). The van der Waals surface area contributed by atoms with E-state index in [-0.39, 0.29) is 5.91 Å². The lowest BCUT2D eigenvalue weighted by Crippen LogP contribution is -2.20. The van der Waals surface area contributed by atoms with Crippen LogP contribution in [0.2, 0.25) is 5.02 Å². The predicted octanol–water partition coefficient (Wildman–Crippen LogP) is 4.67. The number of pyridine rings is 1. The molecule has 1 heterocycles. The molecule has 5 heteroatoms. The van der Waals surface area contributed by atoms with Gasteiger partial charge in [-0.1, -0.05) is 11.6 Å². The number of aromatic nitrogens is 1. The Morgan fingerprint density at radius 2 is 1.65 bits per heavy atom. The highest BCUT2D eigenvalue weighted by Gasteiger charge is 2.07. The van der Waals surface area contributed by atoms with Gasteiger partial charge in [0.25, 0.3) is 5.91 Å². The van der Waals surface area contributed by atoms with Crippen molar-refractivity contribution in [1.29, 1.82) is 0 Å². The monoisotopic (exact) mass is 365 g/mol. The Hall–Kier alpha value is -2.85. The Balaban J connectivity index is 1.57. The number of hydrogen-bond acceptors (Lipinski definition) is 3. The molecule has 0 fully saturated rings. The average molecular weight is 366 g/mol. The topological polar surface area (TPSA) is 45.2 Å². The highest BCUT2D eigenvalue weighted by atomic mass is 35.5. The number of hydrogen-bond donors (Lipinski definition) is 1. The lowest BCUT2D eigenvalue weighted by molar-refractivity contribution is 0.102. The molecule has 132 valence electrons. The van der Waals surface area contributed by atoms with Crippen molar-refractivity contribution in [1.82, 2.24) is 4.98 Å². The van der Waals surface area contributed by atoms with Crippen LogP contribution in [0.3, 0.4) is 0 Å². The number of carbonyl (C=O) groups is 1. The molecule has 2 aromatic carbocycles. The highest BCUT2D eigenvalue weighted by Crippen LogP contribution is 2.18. The summed E-state index contributed by atoms with van der Waals surface area (Å²) in [4.78, 5) is 18.5. The molecule has 4 nitrogen and oxygen atoms in total. The van der Waals surface area contributed by atoms with E-state index in [0.717, 1.165) is 24.3 Å². The largest absolute Gasteiger partial charge is 0.374 e. The molecule has 1 aromatic heterocycles. The van der Waals surface area contributed by atoms with Crippen molar-refractivity contribution in [3.63, 3.8) is 0 Å². The number of amides is 1. The molecule has 0 bridgehead atoms. The number of nitrogens with zero attached hydrogens (tertiary/aromatic N) is 2. The van der Waals surface area contributed by atoms with Crippen molar-refractivity contribution < 1.29 is 4.79 Å². The van der Waals surface area contributed by atoms with E-state index >= 15 is 0 Å². The fraction of sp³-hybridized carbons (Fsp3) is 0.143. The number of anilines is 2. The van der Waals surface area contributed by atoms with Gasteiger partial charge in [0.1, 0.15) is 0 Å². The normalized spacial score (nSPS) is 10.4. The van der Waals surface area contributed by atoms with Gasteiger partial charge in [-0.3, -0.25) is 9.78 Å². The number of halogens is 1. The molecular formula is C21H20ClN3O. The first-order chi connectivity index (χ1) is 12.6. The maximum absolute atomic E-state index is 12.2. The van der Waals surface area contributed by atoms with Crippen molar-refractivity contribution in [3.05, 3.63) is 89.2 Å². The van der Waals surface area contributed by atoms with Gasteiger partial charge in [-0.25, -0.2) is 0 Å². The van der Waals surface area contributed by atoms with Crippen molar-refractivity contribution in [3.8, 4) is 0 Å². The van der Waals surface area contributed by atoms with Crippen LogP contribution in [0.25, 0.3) is 0 Å². The first kappa shape index (κ1) is 18.0. The summed E-state index contributed by atoms with van der Waals surface area (Å²) in [7, 11) is 2.06. The Labute approximate surface area is 158 Å². The SMILES string of the molecule is CN(CCc1ccncc1)c1ccc(NC(=O)c2ccc(Cl)cc2)cc1. The third-order valence-electron chi connectivity index (χ3n) is 4.16. The van der Waals surface area contributed by atoms with Gasteiger partial charge in [-0.15, -0.1) is 0 Å². The number of likely N-dealkylation sites (N-methyl/N-ethyl adjacent to an activating group) is 1. The van der Waals surface area contributed by atoms with E-state index in [1.54, 1.807) is 24.3 Å². The van der Waals surface area contributed by atoms with Crippen LogP contribution in [0.5, 0.6) is 0 Å². The quantitative estimate of drug-likeness (QED) is 0.690. The minimum absolute atomic E-state index is 0.152. The molecule has 0 saturated carbocycles. The highest BCUT2D eigenvalue weighted by molar-refractivity contribution is 6.30. The number of rotatable bonds is 6. The summed E-state index contributed by atoms with van der Waals surface area (Å²) in [5, 5.41) is 3.51. The number of benzene rings is 2. The predicted molar refractivity (Wildman–Crippen MR) is 107 cm³/mol. The first-order valence-corrected chi connectivity index (χ1v) is 8.76. The summed E-state index contributed by atoms with van der Waals surface area (Å²) in [5.41, 5.74) is 3.70. The van der Waals surface area contributed by atoms with Crippen LogP contribution >= 0.6 is 11.6 Å². The van der Waals surface area contributed by atoms with Gasteiger partial charge < -0.3 is 10.2 Å². The van der Waals surface area contributed by atoms with Gasteiger partial charge in [-0.05, 0) is 72.6 Å². The molecule has 0 radical (unpaired) electrons. The van der Waals surface area contributed by atoms with E-state index in [4.69, 9.17) is 11.6 Å². The van der Waals surface area contributed by atoms with Gasteiger partial charge in [0.15, 0.2) is 0 Å². The molecule has 0 saturated heterocycles. The molecule has 1 N–H and O–H groups in total. The zero-order chi connectivity index (χ0) is 18.4. The smallest absolute Gasteiger partial charge is 0.255 e. The molecule has 26 heavy (non-hydrogen) atoms. The lowest BCUT2D eigenvalue weighted by Gasteiger charge is -2.19. The van der Waals surface area contributed by atoms with E-state index in [0.29, 0.717) is 10.6 Å². The zero-order valence-corrected chi connectivity index (χ0v) is 15.3. The molecule has 1 amide bonds. The number of carbonyl (C=O) groups excluding carboxylic acids is 1. The van der Waals surface area contributed by atoms with Gasteiger partial charge in [0, 0.05) is 47.9 Å². The Morgan fingerprint density at radius 1 is 1.00 bits per heavy atom. The van der Waals surface area contributed by atoms with Crippen molar-refractivity contribution in [2.24, 2.45) is 0 Å². The molecule has 0 aliphatic heterocycles. The molecule has 0 atom stereocenters. The van der Waals surface area contributed by atoms with Gasteiger partial charge in [-0.2, -0.15) is 0 Å². The zero-order valence-electron chi connectivity index (χ0n) is 14.5. The molecule has 3 aromatic rings. The van der Waals surface area contributed by atoms with Crippen LogP contribution in [0.15, 0.2) is 73.1 Å². The van der Waals surface area contributed by atoms with Crippen LogP contribution in [0.4, 0.5) is 11.4 Å². The fourth-order valence-corrected chi connectivity index (χ4v) is 2.71. The summed E-state index contributed by atoms with van der Waals surface area (Å²) < 4.78 is 0. The van der Waals surface area contributed by atoms with Crippen molar-refractivity contribution in [2.45, 2.75) is 6.42 Å². The second-order valence-corrected chi connectivity index (χ2v) is 6.47. The maximum Gasteiger partial charge on any atom is 0.255 e. The van der Waals surface area contributed by atoms with Crippen LogP contribution in [0, 0.1) is 0 Å². The number of nitrogens with one attached hydrogen (secondary N) is 1. The summed E-state index contributed by atoms with van der Waals surface area (Å²) in [6, 6.07) is 18.7. The minimum atomic E-state index is -0.152. The van der Waals surface area contributed by atoms with E-state index in [1.807, 2.05) is 48.8 Å². The van der Waals surface area contributed by atoms with Crippen molar-refractivity contribution in [2.75, 3.05) is 23.8 Å². The fourth-order valence-electron chi connectivity index (χ4n) is 2.58. The third-order valence-corrected chi connectivity index (χ3v) is 4.41. The molecule has 0 aliphatic carbocycles. The summed E-state index contributed by atoms with van der Waals surface area (Å²) >= 11 is 5.85. The minimum Gasteiger partial charge on any atom is -0.374 e. The Kier molecular flexibility index (Phi) is 5.87. The molecular weight excluding hydrogens is 346 g/mol. The van der Waals surface area contributed by atoms with Gasteiger partial charge in [0.2, 0.25) is 0 Å². The second-order valence-electron chi connectivity index (χ2n) is 6.03. The molecule has 0 aliphatic rings. The van der Waals surface area contributed by atoms with E-state index in [9.17, 15) is 4.79 Å². The van der Waals surface area contributed by atoms with Crippen LogP contribution in [-0.4, -0.2) is 24.5 Å². The third kappa shape index (κ3) is 4.83. The van der Waals surface area contributed by atoms with Crippen LogP contribution < -0.4 is 10.2 Å². The summed E-state index contributed by atoms with van der Waals surface area (Å²) in [6.07, 6.45) is 4.58. The Bertz CT molecular complexity index is 849. The van der Waals surface area contributed by atoms with E-state index < -0.39 is 0 Å².